The van der Waals surface area contributed by atoms with Crippen molar-refractivity contribution in [3.05, 3.63) is 18.2 Å². The molecule has 0 aliphatic heterocycles. The second-order valence-electron chi connectivity index (χ2n) is 3.34. The summed E-state index contributed by atoms with van der Waals surface area (Å²) in [6, 6.07) is 5.65. The maximum atomic E-state index is 5.90. The van der Waals surface area contributed by atoms with Crippen LogP contribution < -0.4 is 10.5 Å². The third-order valence-electron chi connectivity index (χ3n) is 2.20. The molecule has 0 unspecified atom stereocenters. The minimum Gasteiger partial charge on any atom is -0.494 e. The molecule has 1 rings (SSSR count). The van der Waals surface area contributed by atoms with Crippen LogP contribution in [0.25, 0.3) is 0 Å². The Balaban J connectivity index is 2.65. The predicted molar refractivity (Wildman–Crippen MR) is 70.6 cm³/mol. The van der Waals surface area contributed by atoms with Crippen molar-refractivity contribution in [3.8, 4) is 5.75 Å². The summed E-state index contributed by atoms with van der Waals surface area (Å²) in [5.41, 5.74) is 6.64. The van der Waals surface area contributed by atoms with Crippen molar-refractivity contribution in [3.63, 3.8) is 0 Å². The van der Waals surface area contributed by atoms with Crippen molar-refractivity contribution in [2.24, 2.45) is 0 Å². The van der Waals surface area contributed by atoms with E-state index in [2.05, 4.69) is 0 Å². The van der Waals surface area contributed by atoms with Crippen molar-refractivity contribution in [1.29, 1.82) is 0 Å². The SMILES string of the molecule is CCOc1ccc(N)c(SCC(OC)OC)c1. The number of anilines is 1. The molecule has 2 N–H and O–H groups in total. The molecule has 0 aliphatic carbocycles. The lowest BCUT2D eigenvalue weighted by Gasteiger charge is -2.14. The van der Waals surface area contributed by atoms with E-state index in [9.17, 15) is 0 Å². The summed E-state index contributed by atoms with van der Waals surface area (Å²) in [5.74, 6) is 1.52. The fourth-order valence-corrected chi connectivity index (χ4v) is 2.31. The van der Waals surface area contributed by atoms with Crippen molar-refractivity contribution in [1.82, 2.24) is 0 Å². The van der Waals surface area contributed by atoms with Gasteiger partial charge in [0.1, 0.15) is 5.75 Å². The van der Waals surface area contributed by atoms with E-state index in [1.54, 1.807) is 26.0 Å². The molecule has 0 spiro atoms. The molecule has 5 heteroatoms. The summed E-state index contributed by atoms with van der Waals surface area (Å²) >= 11 is 1.59. The molecule has 0 fully saturated rings. The molecule has 0 bridgehead atoms. The molecular weight excluding hydrogens is 238 g/mol. The fourth-order valence-electron chi connectivity index (χ4n) is 1.29. The van der Waals surface area contributed by atoms with Gasteiger partial charge in [0.25, 0.3) is 0 Å². The molecule has 4 nitrogen and oxygen atoms in total. The monoisotopic (exact) mass is 257 g/mol. The topological polar surface area (TPSA) is 53.7 Å². The van der Waals surface area contributed by atoms with E-state index in [-0.39, 0.29) is 6.29 Å². The van der Waals surface area contributed by atoms with Gasteiger partial charge in [0.05, 0.1) is 6.61 Å². The number of hydrogen-bond acceptors (Lipinski definition) is 5. The first-order valence-electron chi connectivity index (χ1n) is 5.42. The Kier molecular flexibility index (Phi) is 6.18. The van der Waals surface area contributed by atoms with Crippen molar-refractivity contribution in [2.45, 2.75) is 18.1 Å². The Labute approximate surface area is 106 Å². The largest absolute Gasteiger partial charge is 0.494 e. The summed E-state index contributed by atoms with van der Waals surface area (Å²) in [6.45, 7) is 2.60. The Morgan fingerprint density at radius 1 is 1.29 bits per heavy atom. The van der Waals surface area contributed by atoms with Crippen molar-refractivity contribution >= 4 is 17.4 Å². The van der Waals surface area contributed by atoms with Crippen LogP contribution >= 0.6 is 11.8 Å². The number of nitrogens with two attached hydrogens (primary N) is 1. The van der Waals surface area contributed by atoms with Crippen molar-refractivity contribution < 1.29 is 14.2 Å². The fraction of sp³-hybridized carbons (Fsp3) is 0.500. The standard InChI is InChI=1S/C12H19NO3S/c1-4-16-9-5-6-10(13)11(7-9)17-8-12(14-2)15-3/h5-7,12H,4,8,13H2,1-3H3. The summed E-state index contributed by atoms with van der Waals surface area (Å²) < 4.78 is 15.7. The number of ether oxygens (including phenoxy) is 3. The van der Waals surface area contributed by atoms with Gasteiger partial charge in [0.15, 0.2) is 6.29 Å². The maximum Gasteiger partial charge on any atom is 0.166 e. The highest BCUT2D eigenvalue weighted by molar-refractivity contribution is 7.99. The van der Waals surface area contributed by atoms with Gasteiger partial charge in [-0.1, -0.05) is 0 Å². The molecule has 0 heterocycles. The van der Waals surface area contributed by atoms with Gasteiger partial charge in [-0.05, 0) is 25.1 Å². The summed E-state index contributed by atoms with van der Waals surface area (Å²) in [6.07, 6.45) is -0.227. The smallest absolute Gasteiger partial charge is 0.166 e. The summed E-state index contributed by atoms with van der Waals surface area (Å²) in [4.78, 5) is 0.982. The average molecular weight is 257 g/mol. The van der Waals surface area contributed by atoms with E-state index >= 15 is 0 Å². The van der Waals surface area contributed by atoms with E-state index in [4.69, 9.17) is 19.9 Å². The Morgan fingerprint density at radius 2 is 2.00 bits per heavy atom. The molecule has 17 heavy (non-hydrogen) atoms. The maximum absolute atomic E-state index is 5.90. The van der Waals surface area contributed by atoms with E-state index in [1.165, 1.54) is 0 Å². The molecule has 0 amide bonds. The molecule has 0 saturated heterocycles. The second-order valence-corrected chi connectivity index (χ2v) is 4.41. The molecule has 1 aromatic rings. The van der Waals surface area contributed by atoms with E-state index in [0.29, 0.717) is 12.4 Å². The zero-order valence-corrected chi connectivity index (χ0v) is 11.3. The average Bonchev–Trinajstić information content (AvgIpc) is 2.34. The van der Waals surface area contributed by atoms with Gasteiger partial charge in [0.2, 0.25) is 0 Å². The van der Waals surface area contributed by atoms with Crippen LogP contribution in [0.5, 0.6) is 5.75 Å². The Hall–Kier alpha value is -0.910. The third kappa shape index (κ3) is 4.46. The molecular formula is C12H19NO3S. The highest BCUT2D eigenvalue weighted by atomic mass is 32.2. The van der Waals surface area contributed by atoms with Gasteiger partial charge < -0.3 is 19.9 Å². The Morgan fingerprint density at radius 3 is 2.59 bits per heavy atom. The zero-order chi connectivity index (χ0) is 12.7. The highest BCUT2D eigenvalue weighted by Crippen LogP contribution is 2.30. The number of nitrogen functional groups attached to an aromatic ring is 1. The summed E-state index contributed by atoms with van der Waals surface area (Å²) in [7, 11) is 3.24. The van der Waals surface area contributed by atoms with Crippen molar-refractivity contribution in [2.75, 3.05) is 32.3 Å². The molecule has 0 aromatic heterocycles. The number of benzene rings is 1. The number of methoxy groups -OCH3 is 2. The van der Waals surface area contributed by atoms with E-state index < -0.39 is 0 Å². The molecule has 0 saturated carbocycles. The van der Waals surface area contributed by atoms with Gasteiger partial charge in [-0.2, -0.15) is 0 Å². The van der Waals surface area contributed by atoms with Gasteiger partial charge >= 0.3 is 0 Å². The molecule has 96 valence electrons. The normalized spacial score (nSPS) is 10.8. The highest BCUT2D eigenvalue weighted by Gasteiger charge is 2.08. The lowest BCUT2D eigenvalue weighted by atomic mass is 10.3. The number of hydrogen-bond donors (Lipinski definition) is 1. The zero-order valence-electron chi connectivity index (χ0n) is 10.4. The number of thioether (sulfide) groups is 1. The molecule has 0 atom stereocenters. The predicted octanol–water partition coefficient (Wildman–Crippen LogP) is 2.38. The van der Waals surface area contributed by atoms with Crippen LogP contribution in [0.3, 0.4) is 0 Å². The first kappa shape index (κ1) is 14.2. The van der Waals surface area contributed by atoms with Crippen LogP contribution in [0.15, 0.2) is 23.1 Å². The molecule has 0 radical (unpaired) electrons. The summed E-state index contributed by atoms with van der Waals surface area (Å²) in [5, 5.41) is 0. The first-order chi connectivity index (χ1) is 8.21. The first-order valence-corrected chi connectivity index (χ1v) is 6.40. The van der Waals surface area contributed by atoms with Crippen LogP contribution in [0.4, 0.5) is 5.69 Å². The van der Waals surface area contributed by atoms with Gasteiger partial charge in [-0.3, -0.25) is 0 Å². The minimum atomic E-state index is -0.227. The van der Waals surface area contributed by atoms with E-state index in [1.807, 2.05) is 25.1 Å². The van der Waals surface area contributed by atoms with Gasteiger partial charge in [-0.25, -0.2) is 0 Å². The van der Waals surface area contributed by atoms with Gasteiger partial charge in [0, 0.05) is 30.6 Å². The van der Waals surface area contributed by atoms with Crippen LogP contribution in [-0.4, -0.2) is 32.9 Å². The Bertz CT molecular complexity index is 343. The van der Waals surface area contributed by atoms with Crippen LogP contribution in [0.2, 0.25) is 0 Å². The van der Waals surface area contributed by atoms with Crippen LogP contribution in [0.1, 0.15) is 6.92 Å². The van der Waals surface area contributed by atoms with Gasteiger partial charge in [-0.15, -0.1) is 11.8 Å². The molecule has 1 aromatic carbocycles. The second kappa shape index (κ2) is 7.42. The third-order valence-corrected chi connectivity index (χ3v) is 3.30. The van der Waals surface area contributed by atoms with E-state index in [0.717, 1.165) is 16.3 Å². The quantitative estimate of drug-likeness (QED) is 0.462. The lowest BCUT2D eigenvalue weighted by Crippen LogP contribution is -2.15. The van der Waals surface area contributed by atoms with Crippen LogP contribution in [0, 0.1) is 0 Å². The number of rotatable bonds is 7. The lowest BCUT2D eigenvalue weighted by molar-refractivity contribution is -0.0842. The van der Waals surface area contributed by atoms with Crippen LogP contribution in [-0.2, 0) is 9.47 Å². The minimum absolute atomic E-state index is 0.227. The molecule has 0 aliphatic rings.